The maximum Gasteiger partial charge on any atom is 0.0431 e. The quantitative estimate of drug-likeness (QED) is 0.653. The van der Waals surface area contributed by atoms with Crippen LogP contribution in [-0.4, -0.2) is 42.3 Å². The molecule has 2 atom stereocenters. The van der Waals surface area contributed by atoms with E-state index in [0.29, 0.717) is 12.6 Å². The smallest absolute Gasteiger partial charge is 0.0431 e. The van der Waals surface area contributed by atoms with Crippen molar-refractivity contribution in [2.75, 3.05) is 26.2 Å². The van der Waals surface area contributed by atoms with E-state index in [-0.39, 0.29) is 0 Å². The van der Waals surface area contributed by atoms with E-state index in [2.05, 4.69) is 11.8 Å². The zero-order valence-corrected chi connectivity index (χ0v) is 9.99. The van der Waals surface area contributed by atoms with Crippen molar-refractivity contribution < 1.29 is 5.11 Å². The largest absolute Gasteiger partial charge is 0.396 e. The van der Waals surface area contributed by atoms with Gasteiger partial charge in [-0.3, -0.25) is 4.90 Å². The van der Waals surface area contributed by atoms with Crippen molar-refractivity contribution in [3.05, 3.63) is 0 Å². The lowest BCUT2D eigenvalue weighted by atomic mass is 9.92. The molecule has 0 amide bonds. The Kier molecular flexibility index (Phi) is 6.22. The molecule has 0 aromatic rings. The van der Waals surface area contributed by atoms with Crippen LogP contribution < -0.4 is 5.73 Å². The summed E-state index contributed by atoms with van der Waals surface area (Å²) in [5, 5.41) is 8.70. The first kappa shape index (κ1) is 12.9. The Labute approximate surface area is 93.6 Å². The van der Waals surface area contributed by atoms with Crippen molar-refractivity contribution in [1.29, 1.82) is 0 Å². The lowest BCUT2D eigenvalue weighted by molar-refractivity contribution is 0.119. The fraction of sp³-hybridized carbons (Fsp3) is 1.00. The molecular formula is C12H26N2O. The first-order valence-corrected chi connectivity index (χ1v) is 6.33. The Balaban J connectivity index is 2.20. The van der Waals surface area contributed by atoms with Crippen molar-refractivity contribution in [1.82, 2.24) is 4.90 Å². The summed E-state index contributed by atoms with van der Waals surface area (Å²) in [4.78, 5) is 2.54. The van der Waals surface area contributed by atoms with E-state index in [9.17, 15) is 0 Å². The van der Waals surface area contributed by atoms with Crippen LogP contribution in [0.15, 0.2) is 0 Å². The van der Waals surface area contributed by atoms with Crippen LogP contribution >= 0.6 is 0 Å². The number of aliphatic hydroxyl groups is 1. The molecule has 0 bridgehead atoms. The van der Waals surface area contributed by atoms with Gasteiger partial charge in [0.1, 0.15) is 0 Å². The summed E-state index contributed by atoms with van der Waals surface area (Å²) in [5.41, 5.74) is 5.80. The van der Waals surface area contributed by atoms with Gasteiger partial charge in [0.05, 0.1) is 0 Å². The second-order valence-electron chi connectivity index (χ2n) is 4.84. The number of hydrogen-bond acceptors (Lipinski definition) is 3. The van der Waals surface area contributed by atoms with Crippen LogP contribution in [0.3, 0.4) is 0 Å². The van der Waals surface area contributed by atoms with Crippen LogP contribution in [0.1, 0.15) is 39.0 Å². The third-order valence-corrected chi connectivity index (χ3v) is 3.48. The highest BCUT2D eigenvalue weighted by atomic mass is 16.2. The van der Waals surface area contributed by atoms with Gasteiger partial charge >= 0.3 is 0 Å². The normalized spacial score (nSPS) is 28.2. The molecule has 15 heavy (non-hydrogen) atoms. The molecule has 3 N–H and O–H groups in total. The standard InChI is InChI=1S/C12H26N2O/c1-11-5-7-14(12(9-11)10-13)6-3-2-4-8-15/h11-12,15H,2-10,13H2,1H3. The SMILES string of the molecule is CC1CCN(CCCCCO)C(CN)C1. The Morgan fingerprint density at radius 2 is 2.13 bits per heavy atom. The molecule has 90 valence electrons. The average molecular weight is 214 g/mol. The zero-order chi connectivity index (χ0) is 11.1. The molecule has 1 saturated heterocycles. The number of likely N-dealkylation sites (tertiary alicyclic amines) is 1. The molecule has 2 unspecified atom stereocenters. The number of nitrogens with two attached hydrogens (primary N) is 1. The van der Waals surface area contributed by atoms with E-state index in [1.165, 1.54) is 25.8 Å². The molecule has 1 rings (SSSR count). The minimum absolute atomic E-state index is 0.331. The van der Waals surface area contributed by atoms with Gasteiger partial charge < -0.3 is 10.8 Å². The van der Waals surface area contributed by atoms with Crippen LogP contribution in [0.25, 0.3) is 0 Å². The summed E-state index contributed by atoms with van der Waals surface area (Å²) in [6.45, 7) is 5.82. The maximum atomic E-state index is 8.70. The van der Waals surface area contributed by atoms with E-state index in [4.69, 9.17) is 10.8 Å². The third-order valence-electron chi connectivity index (χ3n) is 3.48. The highest BCUT2D eigenvalue weighted by Crippen LogP contribution is 2.22. The minimum atomic E-state index is 0.331. The lowest BCUT2D eigenvalue weighted by Gasteiger charge is -2.38. The molecule has 3 heteroatoms. The molecule has 1 fully saturated rings. The van der Waals surface area contributed by atoms with Gasteiger partial charge in [-0.05, 0) is 51.1 Å². The molecule has 0 radical (unpaired) electrons. The second kappa shape index (κ2) is 7.20. The monoisotopic (exact) mass is 214 g/mol. The fourth-order valence-corrected chi connectivity index (χ4v) is 2.44. The van der Waals surface area contributed by atoms with E-state index >= 15 is 0 Å². The van der Waals surface area contributed by atoms with Crippen molar-refractivity contribution in [2.24, 2.45) is 11.7 Å². The summed E-state index contributed by atoms with van der Waals surface area (Å²) in [6.07, 6.45) is 5.86. The number of aliphatic hydroxyl groups excluding tert-OH is 1. The first-order chi connectivity index (χ1) is 7.27. The summed E-state index contributed by atoms with van der Waals surface area (Å²) in [7, 11) is 0. The number of rotatable bonds is 6. The van der Waals surface area contributed by atoms with Crippen LogP contribution in [-0.2, 0) is 0 Å². The van der Waals surface area contributed by atoms with Crippen LogP contribution in [0.2, 0.25) is 0 Å². The van der Waals surface area contributed by atoms with Gasteiger partial charge in [-0.25, -0.2) is 0 Å². The molecule has 1 aliphatic heterocycles. The third kappa shape index (κ3) is 4.49. The van der Waals surface area contributed by atoms with Crippen molar-refractivity contribution >= 4 is 0 Å². The number of piperidine rings is 1. The Bertz CT molecular complexity index is 164. The average Bonchev–Trinajstić information content (AvgIpc) is 2.26. The topological polar surface area (TPSA) is 49.5 Å². The van der Waals surface area contributed by atoms with E-state index in [1.54, 1.807) is 0 Å². The van der Waals surface area contributed by atoms with Gasteiger partial charge in [-0.2, -0.15) is 0 Å². The lowest BCUT2D eigenvalue weighted by Crippen LogP contribution is -2.46. The van der Waals surface area contributed by atoms with Gasteiger partial charge in [0.2, 0.25) is 0 Å². The molecule has 0 aromatic carbocycles. The van der Waals surface area contributed by atoms with Crippen molar-refractivity contribution in [2.45, 2.75) is 45.1 Å². The van der Waals surface area contributed by atoms with Crippen molar-refractivity contribution in [3.63, 3.8) is 0 Å². The molecular weight excluding hydrogens is 188 g/mol. The van der Waals surface area contributed by atoms with Gasteiger partial charge in [-0.1, -0.05) is 6.92 Å². The van der Waals surface area contributed by atoms with Gasteiger partial charge in [0.25, 0.3) is 0 Å². The molecule has 0 saturated carbocycles. The fourth-order valence-electron chi connectivity index (χ4n) is 2.44. The molecule has 0 aromatic heterocycles. The van der Waals surface area contributed by atoms with E-state index < -0.39 is 0 Å². The van der Waals surface area contributed by atoms with Crippen LogP contribution in [0, 0.1) is 5.92 Å². The van der Waals surface area contributed by atoms with Gasteiger partial charge in [-0.15, -0.1) is 0 Å². The predicted octanol–water partition coefficient (Wildman–Crippen LogP) is 1.21. The molecule has 3 nitrogen and oxygen atoms in total. The van der Waals surface area contributed by atoms with Crippen LogP contribution in [0.4, 0.5) is 0 Å². The molecule has 1 aliphatic rings. The highest BCUT2D eigenvalue weighted by molar-refractivity contribution is 4.80. The minimum Gasteiger partial charge on any atom is -0.396 e. The molecule has 0 spiro atoms. The molecule has 0 aliphatic carbocycles. The summed E-state index contributed by atoms with van der Waals surface area (Å²) in [6, 6.07) is 0.600. The van der Waals surface area contributed by atoms with Crippen LogP contribution in [0.5, 0.6) is 0 Å². The van der Waals surface area contributed by atoms with E-state index in [0.717, 1.165) is 31.8 Å². The highest BCUT2D eigenvalue weighted by Gasteiger charge is 2.24. The van der Waals surface area contributed by atoms with Gasteiger partial charge in [0, 0.05) is 19.2 Å². The maximum absolute atomic E-state index is 8.70. The van der Waals surface area contributed by atoms with Gasteiger partial charge in [0.15, 0.2) is 0 Å². The first-order valence-electron chi connectivity index (χ1n) is 6.33. The summed E-state index contributed by atoms with van der Waals surface area (Å²) < 4.78 is 0. The Morgan fingerprint density at radius 3 is 2.80 bits per heavy atom. The summed E-state index contributed by atoms with van der Waals surface area (Å²) in [5.74, 6) is 0.840. The van der Waals surface area contributed by atoms with Crippen molar-refractivity contribution in [3.8, 4) is 0 Å². The second-order valence-corrected chi connectivity index (χ2v) is 4.84. The number of unbranched alkanes of at least 4 members (excludes halogenated alkanes) is 2. The number of hydrogen-bond donors (Lipinski definition) is 2. The van der Waals surface area contributed by atoms with E-state index in [1.807, 2.05) is 0 Å². The number of nitrogens with zero attached hydrogens (tertiary/aromatic N) is 1. The zero-order valence-electron chi connectivity index (χ0n) is 9.99. The predicted molar refractivity (Wildman–Crippen MR) is 63.8 cm³/mol. The molecule has 1 heterocycles. The summed E-state index contributed by atoms with van der Waals surface area (Å²) >= 11 is 0. The Morgan fingerprint density at radius 1 is 1.33 bits per heavy atom. The Hall–Kier alpha value is -0.120.